The summed E-state index contributed by atoms with van der Waals surface area (Å²) in [5.74, 6) is 0.943. The first-order valence-corrected chi connectivity index (χ1v) is 5.75. The van der Waals surface area contributed by atoms with Crippen LogP contribution in [-0.4, -0.2) is 21.8 Å². The van der Waals surface area contributed by atoms with Crippen LogP contribution in [0.25, 0.3) is 0 Å². The lowest BCUT2D eigenvalue weighted by Crippen LogP contribution is -2.17. The molecule has 2 aromatic heterocycles. The van der Waals surface area contributed by atoms with Gasteiger partial charge in [-0.1, -0.05) is 6.07 Å². The van der Waals surface area contributed by atoms with Gasteiger partial charge >= 0.3 is 0 Å². The van der Waals surface area contributed by atoms with Crippen LogP contribution in [0, 0.1) is 0 Å². The van der Waals surface area contributed by atoms with Gasteiger partial charge in [0.15, 0.2) is 0 Å². The Morgan fingerprint density at radius 3 is 2.88 bits per heavy atom. The Hall–Kier alpha value is -1.36. The molecule has 0 atom stereocenters. The average molecular weight is 281 g/mol. The molecule has 16 heavy (non-hydrogen) atoms. The van der Waals surface area contributed by atoms with E-state index in [4.69, 9.17) is 0 Å². The van der Waals surface area contributed by atoms with Crippen molar-refractivity contribution >= 4 is 21.7 Å². The van der Waals surface area contributed by atoms with Gasteiger partial charge in [-0.25, -0.2) is 4.98 Å². The van der Waals surface area contributed by atoms with Crippen molar-refractivity contribution in [2.24, 2.45) is 7.05 Å². The van der Waals surface area contributed by atoms with Gasteiger partial charge in [0.05, 0.1) is 6.20 Å². The quantitative estimate of drug-likeness (QED) is 0.809. The Kier molecular flexibility index (Phi) is 3.24. The number of nitrogens with zero attached hydrogens (tertiary/aromatic N) is 4. The zero-order valence-corrected chi connectivity index (χ0v) is 10.8. The lowest BCUT2D eigenvalue weighted by molar-refractivity contribution is 0.766. The van der Waals surface area contributed by atoms with E-state index in [9.17, 15) is 0 Å². The van der Waals surface area contributed by atoms with E-state index in [1.807, 2.05) is 44.7 Å². The van der Waals surface area contributed by atoms with Crippen LogP contribution in [0.3, 0.4) is 0 Å². The molecular weight excluding hydrogens is 268 g/mol. The Labute approximate surface area is 103 Å². The van der Waals surface area contributed by atoms with E-state index in [0.717, 1.165) is 17.0 Å². The second-order valence-electron chi connectivity index (χ2n) is 3.70. The van der Waals surface area contributed by atoms with Crippen molar-refractivity contribution in [3.63, 3.8) is 0 Å². The molecule has 0 saturated carbocycles. The van der Waals surface area contributed by atoms with Crippen molar-refractivity contribution in [2.45, 2.75) is 6.54 Å². The summed E-state index contributed by atoms with van der Waals surface area (Å²) in [6.07, 6.45) is 3.88. The topological polar surface area (TPSA) is 34.0 Å². The first-order chi connectivity index (χ1) is 7.65. The van der Waals surface area contributed by atoms with Gasteiger partial charge in [-0.15, -0.1) is 0 Å². The van der Waals surface area contributed by atoms with Gasteiger partial charge in [0, 0.05) is 32.4 Å². The number of aryl methyl sites for hydroxylation is 1. The van der Waals surface area contributed by atoms with Gasteiger partial charge in [0.1, 0.15) is 10.4 Å². The standard InChI is InChI=1S/C11H13BrN4/c1-15(7-9-6-13-16(2)8-9)11-5-3-4-10(12)14-11/h3-6,8H,7H2,1-2H3. The van der Waals surface area contributed by atoms with Crippen LogP contribution >= 0.6 is 15.9 Å². The van der Waals surface area contributed by atoms with Crippen molar-refractivity contribution in [1.82, 2.24) is 14.8 Å². The molecule has 0 fully saturated rings. The highest BCUT2D eigenvalue weighted by atomic mass is 79.9. The molecule has 0 unspecified atom stereocenters. The summed E-state index contributed by atoms with van der Waals surface area (Å²) in [6.45, 7) is 0.803. The van der Waals surface area contributed by atoms with Gasteiger partial charge in [-0.05, 0) is 28.1 Å². The monoisotopic (exact) mass is 280 g/mol. The molecule has 0 aliphatic rings. The van der Waals surface area contributed by atoms with Gasteiger partial charge in [0.2, 0.25) is 0 Å². The van der Waals surface area contributed by atoms with Gasteiger partial charge < -0.3 is 4.90 Å². The normalized spacial score (nSPS) is 10.4. The summed E-state index contributed by atoms with van der Waals surface area (Å²) in [4.78, 5) is 6.48. The SMILES string of the molecule is CN(Cc1cnn(C)c1)c1cccc(Br)n1. The summed E-state index contributed by atoms with van der Waals surface area (Å²) in [5.41, 5.74) is 1.17. The molecule has 2 heterocycles. The Morgan fingerprint density at radius 1 is 1.44 bits per heavy atom. The van der Waals surface area contributed by atoms with Gasteiger partial charge in [-0.3, -0.25) is 4.68 Å². The third-order valence-corrected chi connectivity index (χ3v) is 2.71. The molecule has 2 aromatic rings. The minimum Gasteiger partial charge on any atom is -0.355 e. The summed E-state index contributed by atoms with van der Waals surface area (Å²) in [5, 5.41) is 4.14. The molecule has 5 heteroatoms. The largest absolute Gasteiger partial charge is 0.355 e. The second-order valence-corrected chi connectivity index (χ2v) is 4.51. The maximum atomic E-state index is 4.39. The summed E-state index contributed by atoms with van der Waals surface area (Å²) in [7, 11) is 3.93. The number of pyridine rings is 1. The molecule has 0 aliphatic carbocycles. The van der Waals surface area contributed by atoms with Crippen LogP contribution in [0.2, 0.25) is 0 Å². The Bertz CT molecular complexity index is 480. The Balaban J connectivity index is 2.11. The van der Waals surface area contributed by atoms with E-state index in [1.165, 1.54) is 5.56 Å². The van der Waals surface area contributed by atoms with Crippen LogP contribution in [0.1, 0.15) is 5.56 Å². The molecule has 0 N–H and O–H groups in total. The molecule has 0 saturated heterocycles. The summed E-state index contributed by atoms with van der Waals surface area (Å²) >= 11 is 3.37. The first-order valence-electron chi connectivity index (χ1n) is 4.96. The van der Waals surface area contributed by atoms with Crippen molar-refractivity contribution in [3.8, 4) is 0 Å². The minimum absolute atomic E-state index is 0.803. The third-order valence-electron chi connectivity index (χ3n) is 2.27. The molecular formula is C11H13BrN4. The fourth-order valence-electron chi connectivity index (χ4n) is 1.52. The van der Waals surface area contributed by atoms with Crippen molar-refractivity contribution in [2.75, 3.05) is 11.9 Å². The second kappa shape index (κ2) is 4.65. The average Bonchev–Trinajstić information content (AvgIpc) is 2.64. The Morgan fingerprint density at radius 2 is 2.25 bits per heavy atom. The molecule has 84 valence electrons. The number of hydrogen-bond donors (Lipinski definition) is 0. The lowest BCUT2D eigenvalue weighted by Gasteiger charge is -2.17. The van der Waals surface area contributed by atoms with E-state index in [2.05, 4.69) is 30.9 Å². The molecule has 0 radical (unpaired) electrons. The van der Waals surface area contributed by atoms with Crippen LogP contribution in [0.4, 0.5) is 5.82 Å². The fraction of sp³-hybridized carbons (Fsp3) is 0.273. The zero-order chi connectivity index (χ0) is 11.5. The molecule has 0 aromatic carbocycles. The molecule has 0 amide bonds. The summed E-state index contributed by atoms with van der Waals surface area (Å²) < 4.78 is 2.65. The fourth-order valence-corrected chi connectivity index (χ4v) is 1.85. The van der Waals surface area contributed by atoms with Crippen molar-refractivity contribution in [1.29, 1.82) is 0 Å². The predicted octanol–water partition coefficient (Wildman–Crippen LogP) is 2.21. The van der Waals surface area contributed by atoms with E-state index in [1.54, 1.807) is 4.68 Å². The number of halogens is 1. The van der Waals surface area contributed by atoms with Gasteiger partial charge in [0.25, 0.3) is 0 Å². The van der Waals surface area contributed by atoms with Crippen LogP contribution in [0.15, 0.2) is 35.2 Å². The first kappa shape index (κ1) is 11.1. The number of rotatable bonds is 3. The summed E-state index contributed by atoms with van der Waals surface area (Å²) in [6, 6.07) is 5.88. The molecule has 2 rings (SSSR count). The number of hydrogen-bond acceptors (Lipinski definition) is 3. The minimum atomic E-state index is 0.803. The maximum absolute atomic E-state index is 4.39. The van der Waals surface area contributed by atoms with E-state index in [0.29, 0.717) is 0 Å². The smallest absolute Gasteiger partial charge is 0.129 e. The maximum Gasteiger partial charge on any atom is 0.129 e. The number of aromatic nitrogens is 3. The zero-order valence-electron chi connectivity index (χ0n) is 9.26. The van der Waals surface area contributed by atoms with E-state index >= 15 is 0 Å². The van der Waals surface area contributed by atoms with E-state index in [-0.39, 0.29) is 0 Å². The third kappa shape index (κ3) is 2.61. The highest BCUT2D eigenvalue weighted by Crippen LogP contribution is 2.15. The van der Waals surface area contributed by atoms with Gasteiger partial charge in [-0.2, -0.15) is 5.10 Å². The van der Waals surface area contributed by atoms with Crippen LogP contribution in [0.5, 0.6) is 0 Å². The molecule has 0 bridgehead atoms. The van der Waals surface area contributed by atoms with Crippen molar-refractivity contribution < 1.29 is 0 Å². The molecule has 4 nitrogen and oxygen atoms in total. The lowest BCUT2D eigenvalue weighted by atomic mass is 10.3. The van der Waals surface area contributed by atoms with Crippen molar-refractivity contribution in [3.05, 3.63) is 40.8 Å². The highest BCUT2D eigenvalue weighted by Gasteiger charge is 2.05. The van der Waals surface area contributed by atoms with Crippen LogP contribution in [-0.2, 0) is 13.6 Å². The number of anilines is 1. The molecule has 0 aliphatic heterocycles. The molecule has 0 spiro atoms. The highest BCUT2D eigenvalue weighted by molar-refractivity contribution is 9.10. The predicted molar refractivity (Wildman–Crippen MR) is 67.3 cm³/mol. The van der Waals surface area contributed by atoms with E-state index < -0.39 is 0 Å². The van der Waals surface area contributed by atoms with Crippen LogP contribution < -0.4 is 4.90 Å².